The summed E-state index contributed by atoms with van der Waals surface area (Å²) < 4.78 is 7.60. The molecular formula is C12H9BrN4O3. The van der Waals surface area contributed by atoms with E-state index in [1.54, 1.807) is 18.2 Å². The van der Waals surface area contributed by atoms with Crippen LogP contribution in [0.3, 0.4) is 0 Å². The molecule has 2 aromatic rings. The first-order valence-electron chi connectivity index (χ1n) is 5.50. The SMILES string of the molecule is Cn1c([N+](=O)[O-])cnc1COc1ccc(Br)cc1C#N. The quantitative estimate of drug-likeness (QED) is 0.631. The van der Waals surface area contributed by atoms with Crippen molar-refractivity contribution in [2.75, 3.05) is 0 Å². The molecule has 0 amide bonds. The Labute approximate surface area is 122 Å². The highest BCUT2D eigenvalue weighted by Gasteiger charge is 2.17. The predicted octanol–water partition coefficient (Wildman–Crippen LogP) is 2.54. The summed E-state index contributed by atoms with van der Waals surface area (Å²) in [5.74, 6) is 0.699. The van der Waals surface area contributed by atoms with E-state index in [2.05, 4.69) is 20.9 Å². The molecule has 0 aliphatic carbocycles. The minimum Gasteiger partial charge on any atom is -0.482 e. The highest BCUT2D eigenvalue weighted by Crippen LogP contribution is 2.23. The number of hydrogen-bond acceptors (Lipinski definition) is 5. The molecule has 0 N–H and O–H groups in total. The summed E-state index contributed by atoms with van der Waals surface area (Å²) in [4.78, 5) is 14.1. The summed E-state index contributed by atoms with van der Waals surface area (Å²) in [6.45, 7) is 0.0423. The third kappa shape index (κ3) is 2.78. The van der Waals surface area contributed by atoms with Crippen molar-refractivity contribution in [1.29, 1.82) is 5.26 Å². The van der Waals surface area contributed by atoms with Crippen molar-refractivity contribution < 1.29 is 9.66 Å². The largest absolute Gasteiger partial charge is 0.482 e. The second-order valence-electron chi connectivity index (χ2n) is 3.89. The number of nitrogens with zero attached hydrogens (tertiary/aromatic N) is 4. The average molecular weight is 337 g/mol. The Bertz CT molecular complexity index is 705. The number of imidazole rings is 1. The van der Waals surface area contributed by atoms with Crippen molar-refractivity contribution in [3.8, 4) is 11.8 Å². The van der Waals surface area contributed by atoms with Crippen molar-refractivity contribution in [1.82, 2.24) is 9.55 Å². The maximum Gasteiger partial charge on any atom is 0.342 e. The molecule has 8 heteroatoms. The zero-order chi connectivity index (χ0) is 14.7. The zero-order valence-electron chi connectivity index (χ0n) is 10.4. The van der Waals surface area contributed by atoms with Crippen LogP contribution in [-0.2, 0) is 13.7 Å². The first-order valence-corrected chi connectivity index (χ1v) is 6.29. The molecule has 0 unspecified atom stereocenters. The number of aromatic nitrogens is 2. The maximum absolute atomic E-state index is 10.7. The molecular weight excluding hydrogens is 328 g/mol. The third-order valence-corrected chi connectivity index (χ3v) is 3.16. The number of ether oxygens (including phenoxy) is 1. The highest BCUT2D eigenvalue weighted by atomic mass is 79.9. The van der Waals surface area contributed by atoms with Crippen LogP contribution in [0.5, 0.6) is 5.75 Å². The molecule has 2 rings (SSSR count). The van der Waals surface area contributed by atoms with Gasteiger partial charge in [-0.25, -0.2) is 9.55 Å². The van der Waals surface area contributed by atoms with E-state index in [-0.39, 0.29) is 12.4 Å². The van der Waals surface area contributed by atoms with Crippen LogP contribution in [0.4, 0.5) is 5.82 Å². The van der Waals surface area contributed by atoms with Gasteiger partial charge in [0.1, 0.15) is 18.0 Å². The van der Waals surface area contributed by atoms with Gasteiger partial charge < -0.3 is 14.9 Å². The van der Waals surface area contributed by atoms with E-state index in [4.69, 9.17) is 10.00 Å². The molecule has 0 aliphatic rings. The molecule has 102 valence electrons. The minimum absolute atomic E-state index is 0.0423. The lowest BCUT2D eigenvalue weighted by molar-refractivity contribution is -0.391. The first kappa shape index (κ1) is 14.0. The summed E-state index contributed by atoms with van der Waals surface area (Å²) in [5, 5.41) is 19.7. The van der Waals surface area contributed by atoms with Crippen LogP contribution in [-0.4, -0.2) is 14.5 Å². The molecule has 0 saturated heterocycles. The van der Waals surface area contributed by atoms with E-state index >= 15 is 0 Å². The third-order valence-electron chi connectivity index (χ3n) is 2.67. The van der Waals surface area contributed by atoms with Gasteiger partial charge >= 0.3 is 5.82 Å². The minimum atomic E-state index is -0.517. The van der Waals surface area contributed by atoms with Crippen molar-refractivity contribution >= 4 is 21.7 Å². The summed E-state index contributed by atoms with van der Waals surface area (Å²) in [5.41, 5.74) is 0.378. The molecule has 0 atom stereocenters. The van der Waals surface area contributed by atoms with Crippen LogP contribution in [0.2, 0.25) is 0 Å². The molecule has 7 nitrogen and oxygen atoms in total. The topological polar surface area (TPSA) is 94.0 Å². The molecule has 0 bridgehead atoms. The smallest absolute Gasteiger partial charge is 0.342 e. The first-order chi connectivity index (χ1) is 9.52. The van der Waals surface area contributed by atoms with E-state index in [1.807, 2.05) is 6.07 Å². The normalized spacial score (nSPS) is 10.1. The number of benzene rings is 1. The summed E-state index contributed by atoms with van der Waals surface area (Å²) >= 11 is 3.27. The summed E-state index contributed by atoms with van der Waals surface area (Å²) in [6, 6.07) is 7.06. The van der Waals surface area contributed by atoms with Gasteiger partial charge in [0.15, 0.2) is 6.61 Å². The number of nitro groups is 1. The van der Waals surface area contributed by atoms with Gasteiger partial charge in [-0.3, -0.25) is 0 Å². The maximum atomic E-state index is 10.7. The van der Waals surface area contributed by atoms with Crippen molar-refractivity contribution in [3.63, 3.8) is 0 Å². The van der Waals surface area contributed by atoms with Gasteiger partial charge in [0, 0.05) is 4.47 Å². The Morgan fingerprint density at radius 3 is 2.95 bits per heavy atom. The fourth-order valence-electron chi connectivity index (χ4n) is 1.60. The molecule has 0 aliphatic heterocycles. The van der Waals surface area contributed by atoms with Gasteiger partial charge in [-0.05, 0) is 23.1 Å². The van der Waals surface area contributed by atoms with Crippen LogP contribution in [0, 0.1) is 21.4 Å². The standard InChI is InChI=1S/C12H9BrN4O3/c1-16-11(15-6-12(16)17(18)19)7-20-10-3-2-9(13)4-8(10)5-14/h2-4,6H,7H2,1H3. The summed E-state index contributed by atoms with van der Waals surface area (Å²) in [6.07, 6.45) is 1.17. The van der Waals surface area contributed by atoms with E-state index in [1.165, 1.54) is 17.8 Å². The molecule has 20 heavy (non-hydrogen) atoms. The molecule has 0 saturated carbocycles. The zero-order valence-corrected chi connectivity index (χ0v) is 12.0. The molecule has 0 radical (unpaired) electrons. The lowest BCUT2D eigenvalue weighted by atomic mass is 10.2. The van der Waals surface area contributed by atoms with Crippen LogP contribution in [0.15, 0.2) is 28.9 Å². The van der Waals surface area contributed by atoms with Gasteiger partial charge in [-0.15, -0.1) is 0 Å². The Morgan fingerprint density at radius 1 is 1.60 bits per heavy atom. The van der Waals surface area contributed by atoms with Gasteiger partial charge in [0.2, 0.25) is 5.82 Å². The lowest BCUT2D eigenvalue weighted by Crippen LogP contribution is -2.06. The molecule has 0 fully saturated rings. The Kier molecular flexibility index (Phi) is 4.00. The monoisotopic (exact) mass is 336 g/mol. The molecule has 0 spiro atoms. The lowest BCUT2D eigenvalue weighted by Gasteiger charge is -2.06. The van der Waals surface area contributed by atoms with Crippen LogP contribution in [0.1, 0.15) is 11.4 Å². The Morgan fingerprint density at radius 2 is 2.35 bits per heavy atom. The average Bonchev–Trinajstić information content (AvgIpc) is 2.78. The van der Waals surface area contributed by atoms with E-state index < -0.39 is 4.92 Å². The van der Waals surface area contributed by atoms with Crippen molar-refractivity contribution in [2.45, 2.75) is 6.61 Å². The molecule has 1 heterocycles. The fourth-order valence-corrected chi connectivity index (χ4v) is 1.96. The Hall–Kier alpha value is -2.40. The number of halogens is 1. The van der Waals surface area contributed by atoms with Crippen LogP contribution >= 0.6 is 15.9 Å². The predicted molar refractivity (Wildman–Crippen MR) is 73.1 cm³/mol. The van der Waals surface area contributed by atoms with Gasteiger partial charge in [-0.1, -0.05) is 15.9 Å². The van der Waals surface area contributed by atoms with Crippen LogP contribution in [0.25, 0.3) is 0 Å². The molecule has 1 aromatic heterocycles. The second-order valence-corrected chi connectivity index (χ2v) is 4.81. The second kappa shape index (κ2) is 5.71. The highest BCUT2D eigenvalue weighted by molar-refractivity contribution is 9.10. The summed E-state index contributed by atoms with van der Waals surface area (Å²) in [7, 11) is 1.54. The van der Waals surface area contributed by atoms with E-state index in [9.17, 15) is 10.1 Å². The van der Waals surface area contributed by atoms with Crippen molar-refractivity contribution in [3.05, 3.63) is 50.4 Å². The number of rotatable bonds is 4. The molecule has 1 aromatic carbocycles. The van der Waals surface area contributed by atoms with E-state index in [0.717, 1.165) is 4.47 Å². The Balaban J connectivity index is 2.18. The van der Waals surface area contributed by atoms with Gasteiger partial charge in [0.05, 0.1) is 12.6 Å². The number of hydrogen-bond donors (Lipinski definition) is 0. The van der Waals surface area contributed by atoms with Gasteiger partial charge in [-0.2, -0.15) is 5.26 Å². The fraction of sp³-hybridized carbons (Fsp3) is 0.167. The number of nitriles is 1. The van der Waals surface area contributed by atoms with E-state index in [0.29, 0.717) is 17.1 Å². The van der Waals surface area contributed by atoms with Crippen molar-refractivity contribution in [2.24, 2.45) is 7.05 Å². The van der Waals surface area contributed by atoms with Crippen LogP contribution < -0.4 is 4.74 Å². The van der Waals surface area contributed by atoms with Gasteiger partial charge in [0.25, 0.3) is 0 Å².